The molecule has 2 aromatic rings. The molecule has 0 spiro atoms. The van der Waals surface area contributed by atoms with Crippen LogP contribution in [0.1, 0.15) is 5.56 Å². The van der Waals surface area contributed by atoms with E-state index in [1.165, 1.54) is 16.5 Å². The summed E-state index contributed by atoms with van der Waals surface area (Å²) in [7, 11) is 0. The number of nitrogens with one attached hydrogen (secondary N) is 2. The zero-order valence-electron chi connectivity index (χ0n) is 10.3. The lowest BCUT2D eigenvalue weighted by molar-refractivity contribution is -0.0864. The second-order valence-electron chi connectivity index (χ2n) is 4.60. The normalized spacial score (nSPS) is 20.3. The van der Waals surface area contributed by atoms with E-state index in [0.29, 0.717) is 13.2 Å². The van der Waals surface area contributed by atoms with Crippen LogP contribution in [0.2, 0.25) is 0 Å². The summed E-state index contributed by atoms with van der Waals surface area (Å²) in [6.07, 6.45) is 2.16. The number of fused-ring (bicyclic) bond motifs is 1. The molecular formula is C14H18N2O2. The monoisotopic (exact) mass is 246 g/mol. The molecule has 0 aliphatic carbocycles. The van der Waals surface area contributed by atoms with Gasteiger partial charge in [0.2, 0.25) is 0 Å². The van der Waals surface area contributed by atoms with Gasteiger partial charge in [0.15, 0.2) is 0 Å². The van der Waals surface area contributed by atoms with Crippen LogP contribution in [0.25, 0.3) is 10.9 Å². The predicted molar refractivity (Wildman–Crippen MR) is 70.6 cm³/mol. The molecule has 1 fully saturated rings. The quantitative estimate of drug-likeness (QED) is 0.862. The minimum Gasteiger partial charge on any atom is -0.376 e. The Kier molecular flexibility index (Phi) is 3.59. The number of aromatic nitrogens is 1. The fourth-order valence-corrected chi connectivity index (χ4v) is 2.24. The lowest BCUT2D eigenvalue weighted by Gasteiger charge is -2.23. The number of hydrogen-bond donors (Lipinski definition) is 2. The summed E-state index contributed by atoms with van der Waals surface area (Å²) in [6, 6.07) is 8.56. The second kappa shape index (κ2) is 5.52. The SMILES string of the molecule is c1cc2cc(CNCC3COCCO3)ccc2[nH]1. The molecule has 0 radical (unpaired) electrons. The highest BCUT2D eigenvalue weighted by molar-refractivity contribution is 5.79. The summed E-state index contributed by atoms with van der Waals surface area (Å²) in [5, 5.41) is 4.67. The van der Waals surface area contributed by atoms with Gasteiger partial charge in [0.25, 0.3) is 0 Å². The van der Waals surface area contributed by atoms with Crippen LogP contribution in [0.5, 0.6) is 0 Å². The van der Waals surface area contributed by atoms with Crippen LogP contribution < -0.4 is 5.32 Å². The first-order valence-electron chi connectivity index (χ1n) is 6.38. The minimum atomic E-state index is 0.190. The van der Waals surface area contributed by atoms with Crippen LogP contribution in [0.15, 0.2) is 30.5 Å². The molecular weight excluding hydrogens is 228 g/mol. The Morgan fingerprint density at radius 2 is 2.28 bits per heavy atom. The summed E-state index contributed by atoms with van der Waals surface area (Å²) in [5.74, 6) is 0. The molecule has 1 atom stereocenters. The van der Waals surface area contributed by atoms with Crippen LogP contribution in [-0.4, -0.2) is 37.5 Å². The maximum atomic E-state index is 5.58. The fourth-order valence-electron chi connectivity index (χ4n) is 2.24. The van der Waals surface area contributed by atoms with E-state index in [2.05, 4.69) is 34.6 Å². The Morgan fingerprint density at radius 3 is 3.17 bits per heavy atom. The van der Waals surface area contributed by atoms with Gasteiger partial charge in [-0.25, -0.2) is 0 Å². The molecule has 1 aliphatic rings. The topological polar surface area (TPSA) is 46.3 Å². The Morgan fingerprint density at radius 1 is 1.28 bits per heavy atom. The fraction of sp³-hybridized carbons (Fsp3) is 0.429. The van der Waals surface area contributed by atoms with Crippen molar-refractivity contribution in [1.82, 2.24) is 10.3 Å². The van der Waals surface area contributed by atoms with E-state index in [9.17, 15) is 0 Å². The van der Waals surface area contributed by atoms with Crippen LogP contribution >= 0.6 is 0 Å². The lowest BCUT2D eigenvalue weighted by Crippen LogP contribution is -2.37. The smallest absolute Gasteiger partial charge is 0.0933 e. The Hall–Kier alpha value is -1.36. The molecule has 3 rings (SSSR count). The second-order valence-corrected chi connectivity index (χ2v) is 4.60. The molecule has 2 N–H and O–H groups in total. The van der Waals surface area contributed by atoms with Crippen molar-refractivity contribution in [3.8, 4) is 0 Å². The van der Waals surface area contributed by atoms with Gasteiger partial charge in [-0.05, 0) is 29.1 Å². The maximum absolute atomic E-state index is 5.58. The van der Waals surface area contributed by atoms with Crippen molar-refractivity contribution in [2.24, 2.45) is 0 Å². The molecule has 2 heterocycles. The molecule has 1 unspecified atom stereocenters. The number of benzene rings is 1. The number of hydrogen-bond acceptors (Lipinski definition) is 3. The first-order chi connectivity index (χ1) is 8.92. The van der Waals surface area contributed by atoms with Crippen LogP contribution in [-0.2, 0) is 16.0 Å². The van der Waals surface area contributed by atoms with Crippen molar-refractivity contribution < 1.29 is 9.47 Å². The van der Waals surface area contributed by atoms with E-state index < -0.39 is 0 Å². The van der Waals surface area contributed by atoms with Gasteiger partial charge >= 0.3 is 0 Å². The van der Waals surface area contributed by atoms with E-state index in [4.69, 9.17) is 9.47 Å². The first-order valence-corrected chi connectivity index (χ1v) is 6.38. The van der Waals surface area contributed by atoms with Crippen molar-refractivity contribution in [3.63, 3.8) is 0 Å². The van der Waals surface area contributed by atoms with E-state index in [-0.39, 0.29) is 6.10 Å². The van der Waals surface area contributed by atoms with Crippen molar-refractivity contribution in [3.05, 3.63) is 36.0 Å². The average molecular weight is 246 g/mol. The molecule has 0 saturated carbocycles. The largest absolute Gasteiger partial charge is 0.376 e. The molecule has 0 bridgehead atoms. The summed E-state index contributed by atoms with van der Waals surface area (Å²) in [6.45, 7) is 3.83. The molecule has 4 nitrogen and oxygen atoms in total. The van der Waals surface area contributed by atoms with Gasteiger partial charge in [0, 0.05) is 24.8 Å². The van der Waals surface area contributed by atoms with E-state index >= 15 is 0 Å². The average Bonchev–Trinajstić information content (AvgIpc) is 2.87. The minimum absolute atomic E-state index is 0.190. The summed E-state index contributed by atoms with van der Waals surface area (Å²) in [5.41, 5.74) is 2.47. The summed E-state index contributed by atoms with van der Waals surface area (Å²) >= 11 is 0. The van der Waals surface area contributed by atoms with Crippen molar-refractivity contribution in [2.75, 3.05) is 26.4 Å². The highest BCUT2D eigenvalue weighted by atomic mass is 16.6. The van der Waals surface area contributed by atoms with Crippen molar-refractivity contribution in [2.45, 2.75) is 12.6 Å². The van der Waals surface area contributed by atoms with Gasteiger partial charge in [-0.15, -0.1) is 0 Å². The standard InChI is InChI=1S/C14H18N2O2/c1-2-14-12(3-4-16-14)7-11(1)8-15-9-13-10-17-5-6-18-13/h1-4,7,13,15-16H,5-6,8-10H2. The third-order valence-corrected chi connectivity index (χ3v) is 3.20. The van der Waals surface area contributed by atoms with E-state index in [0.717, 1.165) is 19.7 Å². The van der Waals surface area contributed by atoms with Gasteiger partial charge in [-0.2, -0.15) is 0 Å². The molecule has 96 valence electrons. The molecule has 1 aromatic heterocycles. The van der Waals surface area contributed by atoms with E-state index in [1.54, 1.807) is 0 Å². The number of ether oxygens (including phenoxy) is 2. The molecule has 1 saturated heterocycles. The number of H-pyrrole nitrogens is 1. The molecule has 18 heavy (non-hydrogen) atoms. The third kappa shape index (κ3) is 2.72. The lowest BCUT2D eigenvalue weighted by atomic mass is 10.1. The zero-order chi connectivity index (χ0) is 12.2. The molecule has 1 aromatic carbocycles. The highest BCUT2D eigenvalue weighted by Gasteiger charge is 2.13. The zero-order valence-corrected chi connectivity index (χ0v) is 10.3. The summed E-state index contributed by atoms with van der Waals surface area (Å²) < 4.78 is 10.9. The van der Waals surface area contributed by atoms with Crippen LogP contribution in [0.4, 0.5) is 0 Å². The van der Waals surface area contributed by atoms with Gasteiger partial charge in [0.1, 0.15) is 0 Å². The van der Waals surface area contributed by atoms with Gasteiger partial charge < -0.3 is 19.8 Å². The van der Waals surface area contributed by atoms with Crippen molar-refractivity contribution >= 4 is 10.9 Å². The number of aromatic amines is 1. The van der Waals surface area contributed by atoms with Crippen LogP contribution in [0, 0.1) is 0 Å². The maximum Gasteiger partial charge on any atom is 0.0933 e. The van der Waals surface area contributed by atoms with Gasteiger partial charge in [-0.1, -0.05) is 6.07 Å². The van der Waals surface area contributed by atoms with E-state index in [1.807, 2.05) is 6.20 Å². The summed E-state index contributed by atoms with van der Waals surface area (Å²) in [4.78, 5) is 3.20. The Bertz CT molecular complexity index is 503. The molecule has 4 heteroatoms. The highest BCUT2D eigenvalue weighted by Crippen LogP contribution is 2.14. The third-order valence-electron chi connectivity index (χ3n) is 3.20. The Balaban J connectivity index is 1.52. The van der Waals surface area contributed by atoms with Gasteiger partial charge in [0.05, 0.1) is 25.9 Å². The number of rotatable bonds is 4. The van der Waals surface area contributed by atoms with Gasteiger partial charge in [-0.3, -0.25) is 0 Å². The van der Waals surface area contributed by atoms with Crippen molar-refractivity contribution in [1.29, 1.82) is 0 Å². The predicted octanol–water partition coefficient (Wildman–Crippen LogP) is 1.67. The molecule has 1 aliphatic heterocycles. The van der Waals surface area contributed by atoms with Crippen LogP contribution in [0.3, 0.4) is 0 Å². The Labute approximate surface area is 106 Å². The first kappa shape index (κ1) is 11.7. The molecule has 0 amide bonds.